The molecule has 0 saturated heterocycles. The van der Waals surface area contributed by atoms with Crippen molar-refractivity contribution < 1.29 is 62.1 Å². The standard InChI is InChI=1S/C47H62N8O13/c1-46(2,3)67-44(63)54-36(25-30-19-21-32(22-20-30)66-45(64)68-47(4,5)6)42(61)53-34(41(60)51-27-38(57)52-35(39(49)58)24-29-14-9-7-10-15-29)18-13-23-50-40(59)33(48)26-37(56)55-43(62)65-28-31-16-11-8-12-17-31/h7-12,14-17,19-22,33-36H,13,18,23-28,48H2,1-6H3,(H2,49,58)(H,50,59)(H,51,60)(H,52,57)(H,53,61)(H,54,63)(H,55,56,62)/t33-,34+,35-,36-/m0/s1. The first-order valence-electron chi connectivity index (χ1n) is 21.7. The highest BCUT2D eigenvalue weighted by molar-refractivity contribution is 5.96. The molecule has 0 spiro atoms. The van der Waals surface area contributed by atoms with E-state index in [9.17, 15) is 43.2 Å². The summed E-state index contributed by atoms with van der Waals surface area (Å²) in [4.78, 5) is 115. The quantitative estimate of drug-likeness (QED) is 0.0310. The molecule has 68 heavy (non-hydrogen) atoms. The molecule has 21 nitrogen and oxygen atoms in total. The van der Waals surface area contributed by atoms with Crippen LogP contribution >= 0.6 is 0 Å². The summed E-state index contributed by atoms with van der Waals surface area (Å²) in [6.07, 6.45) is -3.64. The van der Waals surface area contributed by atoms with Gasteiger partial charge in [-0.15, -0.1) is 0 Å². The second-order valence-corrected chi connectivity index (χ2v) is 17.5. The highest BCUT2D eigenvalue weighted by Gasteiger charge is 2.30. The van der Waals surface area contributed by atoms with E-state index in [-0.39, 0.29) is 44.6 Å². The third kappa shape index (κ3) is 22.1. The van der Waals surface area contributed by atoms with Crippen LogP contribution in [-0.2, 0) is 62.4 Å². The number of alkyl carbamates (subject to hydrolysis) is 2. The molecule has 3 aromatic carbocycles. The number of carbonyl (C=O) groups is 9. The predicted octanol–water partition coefficient (Wildman–Crippen LogP) is 2.32. The van der Waals surface area contributed by atoms with Crippen molar-refractivity contribution in [3.05, 3.63) is 102 Å². The van der Waals surface area contributed by atoms with Gasteiger partial charge >= 0.3 is 18.3 Å². The van der Waals surface area contributed by atoms with Crippen molar-refractivity contribution in [2.45, 2.75) is 116 Å². The maximum absolute atomic E-state index is 14.0. The topological polar surface area (TPSA) is 315 Å². The number of amides is 8. The van der Waals surface area contributed by atoms with E-state index in [1.54, 1.807) is 114 Å². The zero-order valence-corrected chi connectivity index (χ0v) is 39.0. The van der Waals surface area contributed by atoms with Gasteiger partial charge in [0.25, 0.3) is 0 Å². The Morgan fingerprint density at radius 1 is 0.588 bits per heavy atom. The van der Waals surface area contributed by atoms with Gasteiger partial charge < -0.3 is 57.0 Å². The van der Waals surface area contributed by atoms with Gasteiger partial charge in [-0.1, -0.05) is 72.8 Å². The van der Waals surface area contributed by atoms with Crippen LogP contribution in [0, 0.1) is 0 Å². The number of imide groups is 1. The van der Waals surface area contributed by atoms with Crippen molar-refractivity contribution in [2.75, 3.05) is 13.1 Å². The number of hydrogen-bond acceptors (Lipinski definition) is 14. The molecule has 3 rings (SSSR count). The van der Waals surface area contributed by atoms with Gasteiger partial charge in [-0.25, -0.2) is 14.4 Å². The summed E-state index contributed by atoms with van der Waals surface area (Å²) < 4.78 is 20.8. The maximum atomic E-state index is 14.0. The van der Waals surface area contributed by atoms with E-state index >= 15 is 0 Å². The minimum atomic E-state index is -1.38. The van der Waals surface area contributed by atoms with E-state index in [1.807, 2.05) is 5.32 Å². The smallest absolute Gasteiger partial charge is 0.444 e. The number of nitrogens with one attached hydrogen (secondary N) is 6. The summed E-state index contributed by atoms with van der Waals surface area (Å²) in [6, 6.07) is 18.3. The Balaban J connectivity index is 1.72. The number of ether oxygens (including phenoxy) is 4. The van der Waals surface area contributed by atoms with Crippen LogP contribution < -0.4 is 48.1 Å². The normalized spacial score (nSPS) is 12.9. The zero-order valence-electron chi connectivity index (χ0n) is 39.0. The lowest BCUT2D eigenvalue weighted by molar-refractivity contribution is -0.132. The molecule has 0 aliphatic carbocycles. The molecule has 0 saturated carbocycles. The van der Waals surface area contributed by atoms with Gasteiger partial charge in [0.2, 0.25) is 35.4 Å². The number of nitrogens with two attached hydrogens (primary N) is 2. The van der Waals surface area contributed by atoms with Crippen LogP contribution in [0.1, 0.15) is 77.5 Å². The van der Waals surface area contributed by atoms with E-state index in [4.69, 9.17) is 30.4 Å². The highest BCUT2D eigenvalue weighted by atomic mass is 16.7. The van der Waals surface area contributed by atoms with Gasteiger partial charge in [0.05, 0.1) is 19.0 Å². The molecule has 21 heteroatoms. The van der Waals surface area contributed by atoms with Gasteiger partial charge in [0.1, 0.15) is 41.7 Å². The minimum absolute atomic E-state index is 0.0329. The average molecular weight is 947 g/mol. The molecule has 0 aromatic heterocycles. The molecule has 0 bridgehead atoms. The van der Waals surface area contributed by atoms with Gasteiger partial charge in [0, 0.05) is 19.4 Å². The van der Waals surface area contributed by atoms with Crippen molar-refractivity contribution in [2.24, 2.45) is 11.5 Å². The van der Waals surface area contributed by atoms with Crippen LogP contribution in [0.15, 0.2) is 84.9 Å². The summed E-state index contributed by atoms with van der Waals surface area (Å²) in [7, 11) is 0. The Kier molecular flexibility index (Phi) is 21.4. The fraction of sp³-hybridized carbons (Fsp3) is 0.426. The van der Waals surface area contributed by atoms with E-state index in [0.29, 0.717) is 11.1 Å². The lowest BCUT2D eigenvalue weighted by Crippen LogP contribution is -2.56. The molecule has 3 aromatic rings. The molecule has 10 N–H and O–H groups in total. The number of benzene rings is 3. The molecule has 0 unspecified atom stereocenters. The first kappa shape index (κ1) is 54.8. The molecule has 0 heterocycles. The molecular weight excluding hydrogens is 885 g/mol. The van der Waals surface area contributed by atoms with Crippen molar-refractivity contribution in [1.82, 2.24) is 31.9 Å². The second kappa shape index (κ2) is 26.6. The first-order valence-corrected chi connectivity index (χ1v) is 21.7. The lowest BCUT2D eigenvalue weighted by atomic mass is 10.0. The molecule has 4 atom stereocenters. The summed E-state index contributed by atoms with van der Waals surface area (Å²) in [5, 5.41) is 14.6. The zero-order chi connectivity index (χ0) is 50.4. The van der Waals surface area contributed by atoms with Crippen LogP contribution in [0.3, 0.4) is 0 Å². The number of hydrogen-bond donors (Lipinski definition) is 8. The average Bonchev–Trinajstić information content (AvgIpc) is 3.25. The SMILES string of the molecule is CC(C)(C)OC(=O)N[C@@H](Cc1ccc(OC(=O)OC(C)(C)C)cc1)C(=O)N[C@H](CCCNC(=O)[C@@H](N)CC(=O)NC(=O)OCc1ccccc1)C(=O)NCC(=O)N[C@@H](Cc1ccccc1)C(N)=O. The second-order valence-electron chi connectivity index (χ2n) is 17.5. The van der Waals surface area contributed by atoms with Gasteiger partial charge in [-0.05, 0) is 83.2 Å². The van der Waals surface area contributed by atoms with Gasteiger partial charge in [0.15, 0.2) is 0 Å². The molecule has 368 valence electrons. The van der Waals surface area contributed by atoms with E-state index in [1.165, 1.54) is 12.1 Å². The Hall–Kier alpha value is -7.55. The van der Waals surface area contributed by atoms with E-state index in [0.717, 1.165) is 5.56 Å². The fourth-order valence-electron chi connectivity index (χ4n) is 5.97. The lowest BCUT2D eigenvalue weighted by Gasteiger charge is -2.25. The Morgan fingerprint density at radius 3 is 1.75 bits per heavy atom. The van der Waals surface area contributed by atoms with Gasteiger partial charge in [-0.3, -0.25) is 34.1 Å². The molecular formula is C47H62N8O13. The third-order valence-electron chi connectivity index (χ3n) is 9.14. The monoisotopic (exact) mass is 946 g/mol. The predicted molar refractivity (Wildman–Crippen MR) is 246 cm³/mol. The van der Waals surface area contributed by atoms with Crippen LogP contribution in [0.2, 0.25) is 0 Å². The summed E-state index contributed by atoms with van der Waals surface area (Å²) in [5.74, 6) is -4.74. The van der Waals surface area contributed by atoms with E-state index in [2.05, 4.69) is 26.6 Å². The molecule has 0 fully saturated rings. The maximum Gasteiger partial charge on any atom is 0.514 e. The molecule has 0 radical (unpaired) electrons. The number of carbonyl (C=O) groups excluding carboxylic acids is 9. The third-order valence-corrected chi connectivity index (χ3v) is 9.14. The highest BCUT2D eigenvalue weighted by Crippen LogP contribution is 2.17. The molecule has 0 aliphatic heterocycles. The van der Waals surface area contributed by atoms with Crippen LogP contribution in [0.4, 0.5) is 14.4 Å². The molecule has 0 aliphatic rings. The summed E-state index contributed by atoms with van der Waals surface area (Å²) >= 11 is 0. The van der Waals surface area contributed by atoms with E-state index < -0.39 is 102 Å². The van der Waals surface area contributed by atoms with Crippen LogP contribution in [0.25, 0.3) is 0 Å². The summed E-state index contributed by atoms with van der Waals surface area (Å²) in [5.41, 5.74) is 11.6. The summed E-state index contributed by atoms with van der Waals surface area (Å²) in [6.45, 7) is 9.08. The van der Waals surface area contributed by atoms with Crippen LogP contribution in [-0.4, -0.2) is 102 Å². The van der Waals surface area contributed by atoms with Crippen molar-refractivity contribution >= 4 is 53.8 Å². The van der Waals surface area contributed by atoms with Gasteiger partial charge in [-0.2, -0.15) is 0 Å². The molecule has 8 amide bonds. The first-order chi connectivity index (χ1) is 32.0. The minimum Gasteiger partial charge on any atom is -0.444 e. The van der Waals surface area contributed by atoms with Crippen molar-refractivity contribution in [3.8, 4) is 5.75 Å². The largest absolute Gasteiger partial charge is 0.514 e. The fourth-order valence-corrected chi connectivity index (χ4v) is 5.97. The Bertz CT molecular complexity index is 2200. The number of primary amides is 1. The number of rotatable bonds is 22. The van der Waals surface area contributed by atoms with Crippen molar-refractivity contribution in [3.63, 3.8) is 0 Å². The Labute approximate surface area is 394 Å². The van der Waals surface area contributed by atoms with Crippen molar-refractivity contribution in [1.29, 1.82) is 0 Å². The Morgan fingerprint density at radius 2 is 1.16 bits per heavy atom. The van der Waals surface area contributed by atoms with Crippen LogP contribution in [0.5, 0.6) is 5.75 Å².